The first-order chi connectivity index (χ1) is 12.2. The number of nitrogens with zero attached hydrogens (tertiary/aromatic N) is 1. The van der Waals surface area contributed by atoms with E-state index in [1.54, 1.807) is 29.2 Å². The van der Waals surface area contributed by atoms with Gasteiger partial charge in [-0.1, -0.05) is 6.07 Å². The number of hydrogen-bond acceptors (Lipinski definition) is 6. The molecule has 6 nitrogen and oxygen atoms in total. The number of ether oxygens (including phenoxy) is 3. The Morgan fingerprint density at radius 2 is 2.08 bits per heavy atom. The van der Waals surface area contributed by atoms with E-state index in [2.05, 4.69) is 0 Å². The van der Waals surface area contributed by atoms with Crippen LogP contribution in [0.3, 0.4) is 0 Å². The van der Waals surface area contributed by atoms with E-state index in [0.29, 0.717) is 43.4 Å². The van der Waals surface area contributed by atoms with Gasteiger partial charge in [0.05, 0.1) is 18.8 Å². The fourth-order valence-corrected chi connectivity index (χ4v) is 3.29. The standard InChI is InChI=1S/C18H15NO5S/c20-17-14-4-3-12(23-18(21)19-5-7-22-8-6-19)10-15(14)24-16(17)11-13-2-1-9-25-13/h1-4,9-11H,5-8H2. The van der Waals surface area contributed by atoms with Crippen LogP contribution in [0.4, 0.5) is 4.79 Å². The van der Waals surface area contributed by atoms with E-state index in [1.165, 1.54) is 11.3 Å². The van der Waals surface area contributed by atoms with Crippen LogP contribution in [0.25, 0.3) is 6.08 Å². The van der Waals surface area contributed by atoms with Crippen molar-refractivity contribution in [1.82, 2.24) is 4.90 Å². The van der Waals surface area contributed by atoms with Gasteiger partial charge >= 0.3 is 6.09 Å². The van der Waals surface area contributed by atoms with Crippen LogP contribution in [0.2, 0.25) is 0 Å². The lowest BCUT2D eigenvalue weighted by atomic mass is 10.1. The minimum atomic E-state index is -0.429. The Morgan fingerprint density at radius 1 is 1.24 bits per heavy atom. The molecule has 2 aromatic rings. The molecule has 0 radical (unpaired) electrons. The molecular formula is C18H15NO5S. The predicted molar refractivity (Wildman–Crippen MR) is 92.1 cm³/mol. The van der Waals surface area contributed by atoms with Crippen LogP contribution in [0.5, 0.6) is 11.5 Å². The van der Waals surface area contributed by atoms with Gasteiger partial charge in [0.15, 0.2) is 5.76 Å². The summed E-state index contributed by atoms with van der Waals surface area (Å²) in [5.41, 5.74) is 0.467. The first kappa shape index (κ1) is 15.9. The Bertz CT molecular complexity index is 837. The molecule has 25 heavy (non-hydrogen) atoms. The van der Waals surface area contributed by atoms with Crippen LogP contribution in [0.15, 0.2) is 41.5 Å². The van der Waals surface area contributed by atoms with Crippen LogP contribution < -0.4 is 9.47 Å². The molecule has 128 valence electrons. The van der Waals surface area contributed by atoms with Crippen molar-refractivity contribution in [3.63, 3.8) is 0 Å². The first-order valence-electron chi connectivity index (χ1n) is 7.87. The maximum absolute atomic E-state index is 12.4. The maximum atomic E-state index is 12.4. The smallest absolute Gasteiger partial charge is 0.415 e. The molecule has 1 amide bonds. The molecule has 2 aliphatic heterocycles. The fraction of sp³-hybridized carbons (Fsp3) is 0.222. The van der Waals surface area contributed by atoms with E-state index >= 15 is 0 Å². The molecular weight excluding hydrogens is 342 g/mol. The molecule has 0 spiro atoms. The van der Waals surface area contributed by atoms with Crippen molar-refractivity contribution >= 4 is 29.3 Å². The van der Waals surface area contributed by atoms with Gasteiger partial charge < -0.3 is 19.1 Å². The second kappa shape index (κ2) is 6.70. The number of thiophene rings is 1. The van der Waals surface area contributed by atoms with Gasteiger partial charge in [-0.15, -0.1) is 11.3 Å². The topological polar surface area (TPSA) is 65.1 Å². The minimum Gasteiger partial charge on any atom is -0.452 e. The SMILES string of the molecule is O=C1C(=Cc2cccs2)Oc2cc(OC(=O)N3CCOCC3)ccc21. The molecule has 1 aromatic heterocycles. The molecule has 0 bridgehead atoms. The summed E-state index contributed by atoms with van der Waals surface area (Å²) in [4.78, 5) is 27.1. The number of morpholine rings is 1. The van der Waals surface area contributed by atoms with E-state index in [-0.39, 0.29) is 11.5 Å². The van der Waals surface area contributed by atoms with Crippen molar-refractivity contribution in [3.05, 3.63) is 51.9 Å². The minimum absolute atomic E-state index is 0.172. The molecule has 0 aliphatic carbocycles. The highest BCUT2D eigenvalue weighted by Crippen LogP contribution is 2.35. The number of carbonyl (C=O) groups is 2. The monoisotopic (exact) mass is 357 g/mol. The van der Waals surface area contributed by atoms with Crippen molar-refractivity contribution in [1.29, 1.82) is 0 Å². The van der Waals surface area contributed by atoms with Gasteiger partial charge in [0.1, 0.15) is 11.5 Å². The highest BCUT2D eigenvalue weighted by atomic mass is 32.1. The molecule has 0 N–H and O–H groups in total. The molecule has 0 atom stereocenters. The zero-order valence-corrected chi connectivity index (χ0v) is 14.1. The Morgan fingerprint density at radius 3 is 2.84 bits per heavy atom. The average Bonchev–Trinajstić information content (AvgIpc) is 3.24. The summed E-state index contributed by atoms with van der Waals surface area (Å²) in [6.45, 7) is 2.03. The quantitative estimate of drug-likeness (QED) is 0.773. The predicted octanol–water partition coefficient (Wildman–Crippen LogP) is 3.20. The zero-order valence-electron chi connectivity index (χ0n) is 13.3. The van der Waals surface area contributed by atoms with Crippen LogP contribution in [0, 0.1) is 0 Å². The van der Waals surface area contributed by atoms with E-state index in [9.17, 15) is 9.59 Å². The van der Waals surface area contributed by atoms with Gasteiger partial charge in [0.25, 0.3) is 0 Å². The Hall–Kier alpha value is -2.64. The molecule has 1 aromatic carbocycles. The number of benzene rings is 1. The van der Waals surface area contributed by atoms with Gasteiger partial charge in [-0.2, -0.15) is 0 Å². The fourth-order valence-electron chi connectivity index (χ4n) is 2.64. The van der Waals surface area contributed by atoms with Crippen LogP contribution in [-0.2, 0) is 4.74 Å². The Labute approximate surface area is 148 Å². The summed E-state index contributed by atoms with van der Waals surface area (Å²) >= 11 is 1.52. The van der Waals surface area contributed by atoms with Gasteiger partial charge in [-0.25, -0.2) is 4.79 Å². The Kier molecular flexibility index (Phi) is 4.25. The van der Waals surface area contributed by atoms with Gasteiger partial charge in [-0.3, -0.25) is 4.79 Å². The van der Waals surface area contributed by atoms with E-state index in [0.717, 1.165) is 4.88 Å². The summed E-state index contributed by atoms with van der Waals surface area (Å²) in [5, 5.41) is 1.93. The molecule has 2 aliphatic rings. The van der Waals surface area contributed by atoms with Crippen LogP contribution in [0.1, 0.15) is 15.2 Å². The van der Waals surface area contributed by atoms with Crippen molar-refractivity contribution in [3.8, 4) is 11.5 Å². The lowest BCUT2D eigenvalue weighted by molar-refractivity contribution is 0.0416. The number of ketones is 1. The maximum Gasteiger partial charge on any atom is 0.415 e. The lowest BCUT2D eigenvalue weighted by Crippen LogP contribution is -2.42. The van der Waals surface area contributed by atoms with Gasteiger partial charge in [0.2, 0.25) is 5.78 Å². The number of Topliss-reactive ketones (excluding diaryl/α,β-unsaturated/α-hetero) is 1. The third-order valence-corrected chi connectivity index (χ3v) is 4.75. The van der Waals surface area contributed by atoms with E-state index in [4.69, 9.17) is 14.2 Å². The molecule has 0 saturated carbocycles. The average molecular weight is 357 g/mol. The van der Waals surface area contributed by atoms with Crippen molar-refractivity contribution in [2.24, 2.45) is 0 Å². The highest BCUT2D eigenvalue weighted by molar-refractivity contribution is 7.10. The highest BCUT2D eigenvalue weighted by Gasteiger charge is 2.28. The number of carbonyl (C=O) groups excluding carboxylic acids is 2. The zero-order chi connectivity index (χ0) is 17.2. The lowest BCUT2D eigenvalue weighted by Gasteiger charge is -2.25. The molecule has 3 heterocycles. The second-order valence-electron chi connectivity index (χ2n) is 5.58. The van der Waals surface area contributed by atoms with Crippen molar-refractivity contribution in [2.45, 2.75) is 0 Å². The van der Waals surface area contributed by atoms with Crippen LogP contribution >= 0.6 is 11.3 Å². The van der Waals surface area contributed by atoms with E-state index < -0.39 is 6.09 Å². The third kappa shape index (κ3) is 3.29. The van der Waals surface area contributed by atoms with Gasteiger partial charge in [-0.05, 0) is 23.6 Å². The summed E-state index contributed by atoms with van der Waals surface area (Å²) in [6.07, 6.45) is 1.29. The summed E-state index contributed by atoms with van der Waals surface area (Å²) in [6, 6.07) is 8.61. The van der Waals surface area contributed by atoms with Crippen LogP contribution in [-0.4, -0.2) is 43.1 Å². The summed E-state index contributed by atoms with van der Waals surface area (Å²) in [5.74, 6) is 0.851. The normalized spacial score (nSPS) is 18.2. The van der Waals surface area contributed by atoms with Crippen molar-refractivity contribution < 1.29 is 23.8 Å². The molecule has 7 heteroatoms. The molecule has 1 saturated heterocycles. The molecule has 0 unspecified atom stereocenters. The van der Waals surface area contributed by atoms with Gasteiger partial charge in [0, 0.05) is 30.1 Å². The number of amides is 1. The Balaban J connectivity index is 1.50. The van der Waals surface area contributed by atoms with E-state index in [1.807, 2.05) is 17.5 Å². The number of fused-ring (bicyclic) bond motifs is 1. The third-order valence-electron chi connectivity index (χ3n) is 3.93. The largest absolute Gasteiger partial charge is 0.452 e. The molecule has 4 rings (SSSR count). The van der Waals surface area contributed by atoms with Crippen molar-refractivity contribution in [2.75, 3.05) is 26.3 Å². The first-order valence-corrected chi connectivity index (χ1v) is 8.75. The summed E-state index contributed by atoms with van der Waals surface area (Å²) < 4.78 is 16.2. The number of hydrogen-bond donors (Lipinski definition) is 0. The summed E-state index contributed by atoms with van der Waals surface area (Å²) in [7, 11) is 0. The molecule has 1 fully saturated rings. The second-order valence-corrected chi connectivity index (χ2v) is 6.56. The number of rotatable bonds is 2. The number of allylic oxidation sites excluding steroid dienone is 1.